The number of nitrogens with zero attached hydrogens (tertiary/aromatic N) is 3. The Kier molecular flexibility index (Phi) is 7.77. The van der Waals surface area contributed by atoms with Gasteiger partial charge in [-0.1, -0.05) is 49.6 Å². The minimum atomic E-state index is 0.145. The van der Waals surface area contributed by atoms with Crippen LogP contribution in [0.4, 0.5) is 0 Å². The van der Waals surface area contributed by atoms with E-state index in [4.69, 9.17) is 4.74 Å². The van der Waals surface area contributed by atoms with Crippen molar-refractivity contribution in [2.75, 3.05) is 65.6 Å². The van der Waals surface area contributed by atoms with Gasteiger partial charge in [-0.05, 0) is 18.4 Å². The number of carbonyl (C=O) groups excluding carboxylic acids is 1. The van der Waals surface area contributed by atoms with Crippen LogP contribution in [0.3, 0.4) is 0 Å². The molecule has 2 heterocycles. The number of carbonyl (C=O) groups is 1. The molecule has 3 fully saturated rings. The van der Waals surface area contributed by atoms with Crippen LogP contribution in [-0.2, 0) is 16.1 Å². The fourth-order valence-electron chi connectivity index (χ4n) is 5.32. The van der Waals surface area contributed by atoms with Gasteiger partial charge in [-0.3, -0.25) is 19.5 Å². The molecule has 2 aliphatic heterocycles. The number of hydrogen-bond donors (Lipinski definition) is 1. The molecule has 0 aromatic heterocycles. The molecule has 3 aliphatic rings. The van der Waals surface area contributed by atoms with Crippen molar-refractivity contribution in [3.05, 3.63) is 35.9 Å². The van der Waals surface area contributed by atoms with Crippen molar-refractivity contribution in [3.63, 3.8) is 0 Å². The highest BCUT2D eigenvalue weighted by Crippen LogP contribution is 2.33. The average molecular weight is 415 g/mol. The maximum atomic E-state index is 12.7. The van der Waals surface area contributed by atoms with E-state index in [0.717, 1.165) is 65.6 Å². The third kappa shape index (κ3) is 5.82. The van der Waals surface area contributed by atoms with Gasteiger partial charge in [0.25, 0.3) is 0 Å². The van der Waals surface area contributed by atoms with Gasteiger partial charge in [0.2, 0.25) is 5.91 Å². The molecule has 1 N–H and O–H groups in total. The molecule has 1 amide bonds. The first kappa shape index (κ1) is 21.8. The highest BCUT2D eigenvalue weighted by Gasteiger charge is 2.38. The van der Waals surface area contributed by atoms with Crippen LogP contribution < -0.4 is 5.32 Å². The van der Waals surface area contributed by atoms with E-state index in [1.165, 1.54) is 37.7 Å². The van der Waals surface area contributed by atoms with E-state index < -0.39 is 0 Å². The Morgan fingerprint density at radius 1 is 0.900 bits per heavy atom. The Hall–Kier alpha value is -1.47. The molecule has 0 unspecified atom stereocenters. The summed E-state index contributed by atoms with van der Waals surface area (Å²) in [5, 5.41) is 3.31. The molecule has 0 atom stereocenters. The topological polar surface area (TPSA) is 48.1 Å². The number of rotatable bonds is 7. The zero-order valence-corrected chi connectivity index (χ0v) is 18.4. The average Bonchev–Trinajstić information content (AvgIpc) is 2.81. The fourth-order valence-corrected chi connectivity index (χ4v) is 5.32. The van der Waals surface area contributed by atoms with Gasteiger partial charge in [-0.25, -0.2) is 0 Å². The predicted octanol–water partition coefficient (Wildman–Crippen LogP) is 1.96. The summed E-state index contributed by atoms with van der Waals surface area (Å²) in [4.78, 5) is 20.1. The number of nitrogens with one attached hydrogen (secondary N) is 1. The first-order chi connectivity index (χ1) is 14.7. The van der Waals surface area contributed by atoms with Gasteiger partial charge < -0.3 is 10.1 Å². The summed E-state index contributed by atoms with van der Waals surface area (Å²) in [5.74, 6) is 0.185. The van der Waals surface area contributed by atoms with E-state index in [1.54, 1.807) is 0 Å². The normalized spacial score (nSPS) is 23.9. The van der Waals surface area contributed by atoms with Crippen LogP contribution in [-0.4, -0.2) is 91.7 Å². The highest BCUT2D eigenvalue weighted by molar-refractivity contribution is 5.78. The minimum Gasteiger partial charge on any atom is -0.379 e. The summed E-state index contributed by atoms with van der Waals surface area (Å²) in [6, 6.07) is 10.7. The van der Waals surface area contributed by atoms with Crippen LogP contribution in [0.25, 0.3) is 0 Å². The maximum Gasteiger partial charge on any atom is 0.234 e. The standard InChI is InChI=1S/C24H38N4O2/c29-23(20-27-13-11-26(12-14-27)19-22-7-3-1-4-8-22)25-21-24(9-5-2-6-10-24)28-15-17-30-18-16-28/h1,3-4,7-8H,2,5-6,9-21H2,(H,25,29). The quantitative estimate of drug-likeness (QED) is 0.739. The summed E-state index contributed by atoms with van der Waals surface area (Å²) in [6.45, 7) is 9.95. The van der Waals surface area contributed by atoms with Crippen LogP contribution >= 0.6 is 0 Å². The molecule has 6 nitrogen and oxygen atoms in total. The van der Waals surface area contributed by atoms with Crippen LogP contribution in [0.5, 0.6) is 0 Å². The second-order valence-corrected chi connectivity index (χ2v) is 9.20. The molecular weight excluding hydrogens is 376 g/mol. The molecule has 1 aromatic rings. The third-order valence-corrected chi connectivity index (χ3v) is 7.16. The number of hydrogen-bond acceptors (Lipinski definition) is 5. The molecule has 1 aliphatic carbocycles. The Morgan fingerprint density at radius 3 is 2.27 bits per heavy atom. The zero-order valence-electron chi connectivity index (χ0n) is 18.4. The minimum absolute atomic E-state index is 0.145. The molecule has 30 heavy (non-hydrogen) atoms. The van der Waals surface area contributed by atoms with Gasteiger partial charge in [0.15, 0.2) is 0 Å². The fraction of sp³-hybridized carbons (Fsp3) is 0.708. The molecule has 0 spiro atoms. The first-order valence-corrected chi connectivity index (χ1v) is 11.8. The SMILES string of the molecule is O=C(CN1CCN(Cc2ccccc2)CC1)NCC1(N2CCOCC2)CCCCC1. The number of amides is 1. The van der Waals surface area contributed by atoms with Crippen molar-refractivity contribution in [2.45, 2.75) is 44.2 Å². The van der Waals surface area contributed by atoms with Crippen LogP contribution in [0, 0.1) is 0 Å². The van der Waals surface area contributed by atoms with Gasteiger partial charge in [0, 0.05) is 57.9 Å². The molecule has 0 bridgehead atoms. The van der Waals surface area contributed by atoms with E-state index in [2.05, 4.69) is 50.3 Å². The lowest BCUT2D eigenvalue weighted by Gasteiger charge is -2.48. The smallest absolute Gasteiger partial charge is 0.234 e. The Balaban J connectivity index is 1.21. The Labute approximate surface area is 181 Å². The molecule has 6 heteroatoms. The third-order valence-electron chi connectivity index (χ3n) is 7.16. The van der Waals surface area contributed by atoms with Crippen molar-refractivity contribution < 1.29 is 9.53 Å². The summed E-state index contributed by atoms with van der Waals surface area (Å²) in [7, 11) is 0. The number of ether oxygens (including phenoxy) is 1. The molecular formula is C24H38N4O2. The lowest BCUT2D eigenvalue weighted by atomic mass is 9.79. The van der Waals surface area contributed by atoms with Crippen LogP contribution in [0.15, 0.2) is 30.3 Å². The zero-order chi connectivity index (χ0) is 20.7. The van der Waals surface area contributed by atoms with E-state index >= 15 is 0 Å². The number of piperazine rings is 1. The van der Waals surface area contributed by atoms with E-state index in [-0.39, 0.29) is 11.4 Å². The summed E-state index contributed by atoms with van der Waals surface area (Å²) in [5.41, 5.74) is 1.51. The van der Waals surface area contributed by atoms with Crippen LogP contribution in [0.1, 0.15) is 37.7 Å². The summed E-state index contributed by atoms with van der Waals surface area (Å²) < 4.78 is 5.57. The van der Waals surface area contributed by atoms with Crippen molar-refractivity contribution in [2.24, 2.45) is 0 Å². The summed E-state index contributed by atoms with van der Waals surface area (Å²) >= 11 is 0. The maximum absolute atomic E-state index is 12.7. The van der Waals surface area contributed by atoms with Crippen molar-refractivity contribution >= 4 is 5.91 Å². The molecule has 2 saturated heterocycles. The molecule has 0 radical (unpaired) electrons. The largest absolute Gasteiger partial charge is 0.379 e. The highest BCUT2D eigenvalue weighted by atomic mass is 16.5. The van der Waals surface area contributed by atoms with Crippen molar-refractivity contribution in [3.8, 4) is 0 Å². The van der Waals surface area contributed by atoms with Crippen molar-refractivity contribution in [1.29, 1.82) is 0 Å². The molecule has 4 rings (SSSR count). The Bertz CT molecular complexity index is 648. The van der Waals surface area contributed by atoms with Gasteiger partial charge in [-0.2, -0.15) is 0 Å². The Morgan fingerprint density at radius 2 is 1.57 bits per heavy atom. The predicted molar refractivity (Wildman–Crippen MR) is 119 cm³/mol. The van der Waals surface area contributed by atoms with E-state index in [1.807, 2.05) is 0 Å². The second kappa shape index (κ2) is 10.7. The molecule has 1 aromatic carbocycles. The number of morpholine rings is 1. The van der Waals surface area contributed by atoms with Gasteiger partial charge in [0.1, 0.15) is 0 Å². The van der Waals surface area contributed by atoms with E-state index in [9.17, 15) is 4.79 Å². The van der Waals surface area contributed by atoms with E-state index in [0.29, 0.717) is 6.54 Å². The van der Waals surface area contributed by atoms with Gasteiger partial charge >= 0.3 is 0 Å². The van der Waals surface area contributed by atoms with Gasteiger partial charge in [-0.15, -0.1) is 0 Å². The monoisotopic (exact) mass is 414 g/mol. The molecule has 166 valence electrons. The number of benzene rings is 1. The first-order valence-electron chi connectivity index (χ1n) is 11.8. The molecule has 1 saturated carbocycles. The lowest BCUT2D eigenvalue weighted by molar-refractivity contribution is -0.124. The van der Waals surface area contributed by atoms with Crippen molar-refractivity contribution in [1.82, 2.24) is 20.0 Å². The van der Waals surface area contributed by atoms with Gasteiger partial charge in [0.05, 0.1) is 19.8 Å². The second-order valence-electron chi connectivity index (χ2n) is 9.20. The summed E-state index contributed by atoms with van der Waals surface area (Å²) in [6.07, 6.45) is 6.28. The van der Waals surface area contributed by atoms with Crippen LogP contribution in [0.2, 0.25) is 0 Å². The lowest BCUT2D eigenvalue weighted by Crippen LogP contribution is -2.60.